The average molecular weight is 429 g/mol. The van der Waals surface area contributed by atoms with Crippen molar-refractivity contribution in [1.29, 1.82) is 0 Å². The maximum absolute atomic E-state index is 14.5. The third-order valence-electron chi connectivity index (χ3n) is 4.41. The van der Waals surface area contributed by atoms with Gasteiger partial charge in [0.05, 0.1) is 7.11 Å². The van der Waals surface area contributed by atoms with Crippen LogP contribution in [0.25, 0.3) is 22.1 Å². The summed E-state index contributed by atoms with van der Waals surface area (Å²) in [6.07, 6.45) is 0. The minimum atomic E-state index is -1.40. The first kappa shape index (κ1) is 19.6. The quantitative estimate of drug-likeness (QED) is 0.444. The van der Waals surface area contributed by atoms with Gasteiger partial charge in [-0.1, -0.05) is 18.2 Å². The monoisotopic (exact) mass is 429 g/mol. The number of methoxy groups -OCH3 is 1. The van der Waals surface area contributed by atoms with E-state index < -0.39 is 23.5 Å². The number of halogens is 2. The molecule has 6 nitrogen and oxygen atoms in total. The highest BCUT2D eigenvalue weighted by molar-refractivity contribution is 7.15. The first-order valence-corrected chi connectivity index (χ1v) is 9.45. The summed E-state index contributed by atoms with van der Waals surface area (Å²) in [5.74, 6) is -4.08. The van der Waals surface area contributed by atoms with Gasteiger partial charge in [0.25, 0.3) is 5.91 Å². The van der Waals surface area contributed by atoms with Crippen LogP contribution in [0, 0.1) is 11.6 Å². The normalized spacial score (nSPS) is 10.9. The van der Waals surface area contributed by atoms with Crippen LogP contribution in [0.4, 0.5) is 13.8 Å². The van der Waals surface area contributed by atoms with Crippen molar-refractivity contribution in [2.24, 2.45) is 0 Å². The van der Waals surface area contributed by atoms with Gasteiger partial charge in [-0.15, -0.1) is 11.3 Å². The van der Waals surface area contributed by atoms with Crippen molar-refractivity contribution in [3.05, 3.63) is 70.8 Å². The Morgan fingerprint density at radius 3 is 2.57 bits per heavy atom. The minimum Gasteiger partial charge on any atom is -0.494 e. The van der Waals surface area contributed by atoms with E-state index in [1.807, 2.05) is 0 Å². The number of hydrogen-bond donors (Lipinski definition) is 2. The summed E-state index contributed by atoms with van der Waals surface area (Å²) >= 11 is 0.879. The summed E-state index contributed by atoms with van der Waals surface area (Å²) in [6, 6.07) is 10.2. The fourth-order valence-electron chi connectivity index (χ4n) is 3.01. The maximum Gasteiger partial charge on any atom is 0.339 e. The second-order valence-electron chi connectivity index (χ2n) is 6.23. The Labute approximate surface area is 172 Å². The lowest BCUT2D eigenvalue weighted by molar-refractivity contribution is 0.0699. The van der Waals surface area contributed by atoms with Crippen LogP contribution in [0.2, 0.25) is 0 Å². The molecule has 2 N–H and O–H groups in total. The molecule has 0 aliphatic rings. The number of furan rings is 1. The highest BCUT2D eigenvalue weighted by Gasteiger charge is 2.25. The fourth-order valence-corrected chi connectivity index (χ4v) is 3.96. The van der Waals surface area contributed by atoms with Gasteiger partial charge in [-0.25, -0.2) is 13.6 Å². The molecule has 152 valence electrons. The SMILES string of the molecule is COc1cc(F)c(-c2csc(NC(=O)c3cc4ccccc4o3)c2C(=O)O)cc1F. The number of rotatable bonds is 5. The van der Waals surface area contributed by atoms with Crippen LogP contribution in [0.15, 0.2) is 52.3 Å². The van der Waals surface area contributed by atoms with Crippen LogP contribution in [0.5, 0.6) is 5.75 Å². The van der Waals surface area contributed by atoms with E-state index in [0.717, 1.165) is 23.5 Å². The number of benzene rings is 2. The maximum atomic E-state index is 14.5. The molecular weight excluding hydrogens is 416 g/mol. The number of para-hydroxylation sites is 1. The molecule has 30 heavy (non-hydrogen) atoms. The van der Waals surface area contributed by atoms with Crippen LogP contribution >= 0.6 is 11.3 Å². The number of hydrogen-bond acceptors (Lipinski definition) is 5. The van der Waals surface area contributed by atoms with E-state index in [2.05, 4.69) is 5.32 Å². The van der Waals surface area contributed by atoms with E-state index >= 15 is 0 Å². The molecule has 0 fully saturated rings. The van der Waals surface area contributed by atoms with Crippen LogP contribution in [-0.2, 0) is 0 Å². The Morgan fingerprint density at radius 2 is 1.87 bits per heavy atom. The van der Waals surface area contributed by atoms with Gasteiger partial charge in [0.15, 0.2) is 17.3 Å². The smallest absolute Gasteiger partial charge is 0.339 e. The van der Waals surface area contributed by atoms with Crippen molar-refractivity contribution in [3.8, 4) is 16.9 Å². The van der Waals surface area contributed by atoms with Crippen molar-refractivity contribution < 1.29 is 32.6 Å². The molecule has 2 aromatic heterocycles. The molecule has 0 unspecified atom stereocenters. The number of anilines is 1. The number of amides is 1. The summed E-state index contributed by atoms with van der Waals surface area (Å²) in [5.41, 5.74) is -0.172. The molecule has 0 bridgehead atoms. The molecule has 0 saturated carbocycles. The topological polar surface area (TPSA) is 88.8 Å². The number of nitrogens with one attached hydrogen (secondary N) is 1. The number of thiophene rings is 1. The van der Waals surface area contributed by atoms with Crippen LogP contribution in [0.3, 0.4) is 0 Å². The Bertz CT molecular complexity index is 1260. The van der Waals surface area contributed by atoms with E-state index in [1.54, 1.807) is 24.3 Å². The molecule has 2 aromatic carbocycles. The number of carboxylic acid groups (broad SMARTS) is 1. The van der Waals surface area contributed by atoms with E-state index in [-0.39, 0.29) is 33.2 Å². The summed E-state index contributed by atoms with van der Waals surface area (Å²) in [7, 11) is 1.19. The predicted molar refractivity (Wildman–Crippen MR) is 107 cm³/mol. The zero-order chi connectivity index (χ0) is 21.4. The summed E-state index contributed by atoms with van der Waals surface area (Å²) in [4.78, 5) is 24.4. The Kier molecular flexibility index (Phi) is 4.96. The minimum absolute atomic E-state index is 0.0100. The van der Waals surface area contributed by atoms with Crippen molar-refractivity contribution in [1.82, 2.24) is 0 Å². The van der Waals surface area contributed by atoms with Gasteiger partial charge >= 0.3 is 5.97 Å². The van der Waals surface area contributed by atoms with Crippen molar-refractivity contribution >= 4 is 39.2 Å². The summed E-state index contributed by atoms with van der Waals surface area (Å²) in [6.45, 7) is 0. The van der Waals surface area contributed by atoms with Gasteiger partial charge in [0, 0.05) is 28.0 Å². The second kappa shape index (κ2) is 7.60. The first-order chi connectivity index (χ1) is 14.4. The van der Waals surface area contributed by atoms with Gasteiger partial charge in [-0.2, -0.15) is 0 Å². The Hall–Kier alpha value is -3.72. The van der Waals surface area contributed by atoms with Crippen molar-refractivity contribution in [3.63, 3.8) is 0 Å². The zero-order valence-corrected chi connectivity index (χ0v) is 16.2. The lowest BCUT2D eigenvalue weighted by Gasteiger charge is -2.08. The molecule has 0 radical (unpaired) electrons. The fraction of sp³-hybridized carbons (Fsp3) is 0.0476. The predicted octanol–water partition coefficient (Wildman–Crippen LogP) is 5.40. The van der Waals surface area contributed by atoms with Gasteiger partial charge in [0.2, 0.25) is 0 Å². The van der Waals surface area contributed by atoms with Gasteiger partial charge < -0.3 is 19.6 Å². The third kappa shape index (κ3) is 3.39. The number of carbonyl (C=O) groups is 2. The largest absolute Gasteiger partial charge is 0.494 e. The third-order valence-corrected chi connectivity index (χ3v) is 5.31. The molecule has 4 rings (SSSR count). The lowest BCUT2D eigenvalue weighted by Crippen LogP contribution is -2.12. The van der Waals surface area contributed by atoms with Gasteiger partial charge in [0.1, 0.15) is 22.0 Å². The first-order valence-electron chi connectivity index (χ1n) is 8.57. The Balaban J connectivity index is 1.72. The molecule has 2 heterocycles. The molecule has 0 saturated heterocycles. The summed E-state index contributed by atoms with van der Waals surface area (Å²) in [5, 5.41) is 14.1. The van der Waals surface area contributed by atoms with Gasteiger partial charge in [-0.05, 0) is 18.2 Å². The zero-order valence-electron chi connectivity index (χ0n) is 15.4. The molecule has 4 aromatic rings. The molecule has 0 aliphatic heterocycles. The van der Waals surface area contributed by atoms with E-state index in [0.29, 0.717) is 11.0 Å². The highest BCUT2D eigenvalue weighted by atomic mass is 32.1. The summed E-state index contributed by atoms with van der Waals surface area (Å²) < 4.78 is 38.7. The van der Waals surface area contributed by atoms with E-state index in [9.17, 15) is 23.5 Å². The number of carboxylic acids is 1. The Morgan fingerprint density at radius 1 is 1.10 bits per heavy atom. The lowest BCUT2D eigenvalue weighted by atomic mass is 10.0. The van der Waals surface area contributed by atoms with Gasteiger partial charge in [-0.3, -0.25) is 4.79 Å². The number of carbonyl (C=O) groups excluding carboxylic acids is 1. The number of fused-ring (bicyclic) bond motifs is 1. The van der Waals surface area contributed by atoms with Crippen molar-refractivity contribution in [2.75, 3.05) is 12.4 Å². The van der Waals surface area contributed by atoms with Crippen LogP contribution in [-0.4, -0.2) is 24.1 Å². The van der Waals surface area contributed by atoms with E-state index in [4.69, 9.17) is 9.15 Å². The van der Waals surface area contributed by atoms with Crippen LogP contribution < -0.4 is 10.1 Å². The second-order valence-corrected chi connectivity index (χ2v) is 7.11. The molecule has 1 amide bonds. The number of aromatic carboxylic acids is 1. The highest BCUT2D eigenvalue weighted by Crippen LogP contribution is 2.38. The standard InChI is InChI=1S/C21H13F2NO5S/c1-28-16-8-13(22)11(7-14(16)23)12-9-30-20(18(12)21(26)27)24-19(25)17-6-10-4-2-3-5-15(10)29-17/h2-9H,1H3,(H,24,25)(H,26,27). The van der Waals surface area contributed by atoms with Crippen LogP contribution in [0.1, 0.15) is 20.9 Å². The molecule has 0 spiro atoms. The molecule has 9 heteroatoms. The number of ether oxygens (including phenoxy) is 1. The molecule has 0 aliphatic carbocycles. The van der Waals surface area contributed by atoms with E-state index in [1.165, 1.54) is 18.6 Å². The van der Waals surface area contributed by atoms with Crippen molar-refractivity contribution in [2.45, 2.75) is 0 Å². The molecular formula is C21H13F2NO5S. The average Bonchev–Trinajstić information content (AvgIpc) is 3.33. The molecule has 0 atom stereocenters.